The van der Waals surface area contributed by atoms with Crippen LogP contribution < -0.4 is 0 Å². The first-order chi connectivity index (χ1) is 11.8. The maximum Gasteiger partial charge on any atom is 0.106 e. The fourth-order valence-corrected chi connectivity index (χ4v) is 3.94. The third kappa shape index (κ3) is 2.67. The number of hydrogen-bond acceptors (Lipinski definition) is 3. The van der Waals surface area contributed by atoms with Crippen LogP contribution in [0.25, 0.3) is 33.0 Å². The van der Waals surface area contributed by atoms with Crippen LogP contribution in [-0.2, 0) is 4.18 Å². The van der Waals surface area contributed by atoms with Gasteiger partial charge in [0.1, 0.15) is 5.60 Å². The summed E-state index contributed by atoms with van der Waals surface area (Å²) in [5.74, 6) is 0. The van der Waals surface area contributed by atoms with E-state index >= 15 is 0 Å². The Hall–Kier alpha value is -1.81. The summed E-state index contributed by atoms with van der Waals surface area (Å²) in [6, 6.07) is 19.4. The summed E-state index contributed by atoms with van der Waals surface area (Å²) >= 11 is 1.34. The van der Waals surface area contributed by atoms with Crippen LogP contribution >= 0.6 is 12.0 Å². The van der Waals surface area contributed by atoms with E-state index in [2.05, 4.69) is 54.6 Å². The van der Waals surface area contributed by atoms with Gasteiger partial charge in [-0.1, -0.05) is 42.5 Å². The third-order valence-corrected chi connectivity index (χ3v) is 6.21. The maximum atomic E-state index is 10.3. The molecule has 2 nitrogen and oxygen atoms in total. The van der Waals surface area contributed by atoms with Gasteiger partial charge in [0, 0.05) is 16.9 Å². The van der Waals surface area contributed by atoms with Gasteiger partial charge in [-0.05, 0) is 72.9 Å². The molecule has 0 unspecified atom stereocenters. The van der Waals surface area contributed by atoms with Crippen molar-refractivity contribution in [3.05, 3.63) is 54.6 Å². The second-order valence-electron chi connectivity index (χ2n) is 7.66. The second-order valence-corrected chi connectivity index (χ2v) is 8.46. The SMILES string of the molecule is CC(C)(O)C(C)(C)OSc1cc2c3c(cccc3c1)-c1ccccc1-2. The molecule has 1 aliphatic rings. The molecule has 3 aromatic carbocycles. The van der Waals surface area contributed by atoms with Gasteiger partial charge in [-0.2, -0.15) is 0 Å². The Morgan fingerprint density at radius 1 is 0.800 bits per heavy atom. The molecule has 1 N–H and O–H groups in total. The quantitative estimate of drug-likeness (QED) is 0.454. The average molecular weight is 350 g/mol. The standard InChI is InChI=1S/C22H22O2S/c1-21(2,23)22(3,4)24-25-15-12-14-8-7-11-18-16-9-5-6-10-17(16)19(13-15)20(14)18/h5-13,23H,1-4H3. The Bertz CT molecular complexity index is 967. The van der Waals surface area contributed by atoms with Gasteiger partial charge in [-0.3, -0.25) is 0 Å². The number of rotatable bonds is 4. The van der Waals surface area contributed by atoms with Crippen molar-refractivity contribution in [1.82, 2.24) is 0 Å². The smallest absolute Gasteiger partial charge is 0.106 e. The Labute approximate surface area is 153 Å². The number of hydrogen-bond donors (Lipinski definition) is 1. The number of fused-ring (bicyclic) bond motifs is 3. The highest BCUT2D eigenvalue weighted by Crippen LogP contribution is 2.48. The first-order valence-corrected chi connectivity index (χ1v) is 9.27. The summed E-state index contributed by atoms with van der Waals surface area (Å²) < 4.78 is 6.00. The van der Waals surface area contributed by atoms with E-state index in [0.717, 1.165) is 4.90 Å². The van der Waals surface area contributed by atoms with Crippen LogP contribution in [0.15, 0.2) is 59.5 Å². The van der Waals surface area contributed by atoms with E-state index in [-0.39, 0.29) is 0 Å². The van der Waals surface area contributed by atoms with Crippen molar-refractivity contribution in [2.45, 2.75) is 43.8 Å². The Morgan fingerprint density at radius 2 is 1.44 bits per heavy atom. The lowest BCUT2D eigenvalue weighted by atomic mass is 9.90. The molecule has 25 heavy (non-hydrogen) atoms. The van der Waals surface area contributed by atoms with Gasteiger partial charge in [0.15, 0.2) is 0 Å². The molecule has 0 atom stereocenters. The number of benzene rings is 3. The predicted octanol–water partition coefficient (Wildman–Crippen LogP) is 6.06. The topological polar surface area (TPSA) is 29.5 Å². The summed E-state index contributed by atoms with van der Waals surface area (Å²) in [6.45, 7) is 7.37. The molecule has 0 amide bonds. The summed E-state index contributed by atoms with van der Waals surface area (Å²) in [4.78, 5) is 1.05. The van der Waals surface area contributed by atoms with E-state index in [1.54, 1.807) is 13.8 Å². The molecule has 3 aromatic rings. The Balaban J connectivity index is 1.77. The zero-order valence-electron chi connectivity index (χ0n) is 15.0. The largest absolute Gasteiger partial charge is 0.387 e. The maximum absolute atomic E-state index is 10.3. The van der Waals surface area contributed by atoms with Gasteiger partial charge in [-0.25, -0.2) is 0 Å². The first kappa shape index (κ1) is 16.6. The molecule has 0 aliphatic heterocycles. The van der Waals surface area contributed by atoms with E-state index in [4.69, 9.17) is 4.18 Å². The summed E-state index contributed by atoms with van der Waals surface area (Å²) in [7, 11) is 0. The molecule has 0 spiro atoms. The van der Waals surface area contributed by atoms with E-state index in [0.29, 0.717) is 0 Å². The monoisotopic (exact) mass is 350 g/mol. The normalized spacial score (nSPS) is 13.3. The van der Waals surface area contributed by atoms with Crippen LogP contribution in [0.1, 0.15) is 27.7 Å². The van der Waals surface area contributed by atoms with Crippen molar-refractivity contribution in [3.8, 4) is 22.3 Å². The van der Waals surface area contributed by atoms with Crippen LogP contribution in [0.2, 0.25) is 0 Å². The molecule has 1 aliphatic carbocycles. The minimum Gasteiger partial charge on any atom is -0.387 e. The molecule has 4 rings (SSSR count). The van der Waals surface area contributed by atoms with Crippen molar-refractivity contribution in [2.75, 3.05) is 0 Å². The molecule has 128 valence electrons. The van der Waals surface area contributed by atoms with Gasteiger partial charge in [-0.15, -0.1) is 0 Å². The lowest BCUT2D eigenvalue weighted by Crippen LogP contribution is -2.45. The molecule has 0 bridgehead atoms. The van der Waals surface area contributed by atoms with Gasteiger partial charge in [0.25, 0.3) is 0 Å². The van der Waals surface area contributed by atoms with Crippen molar-refractivity contribution in [2.24, 2.45) is 0 Å². The van der Waals surface area contributed by atoms with Gasteiger partial charge in [0.05, 0.1) is 5.60 Å². The van der Waals surface area contributed by atoms with E-state index in [9.17, 15) is 5.11 Å². The minimum absolute atomic E-state index is 0.660. The zero-order chi connectivity index (χ0) is 17.8. The van der Waals surface area contributed by atoms with Crippen molar-refractivity contribution in [1.29, 1.82) is 0 Å². The van der Waals surface area contributed by atoms with Crippen LogP contribution in [0.3, 0.4) is 0 Å². The third-order valence-electron chi connectivity index (χ3n) is 5.28. The molecule has 0 saturated heterocycles. The Morgan fingerprint density at radius 3 is 2.12 bits per heavy atom. The second kappa shape index (κ2) is 5.60. The summed E-state index contributed by atoms with van der Waals surface area (Å²) in [6.07, 6.45) is 0. The highest BCUT2D eigenvalue weighted by atomic mass is 32.2. The predicted molar refractivity (Wildman–Crippen MR) is 106 cm³/mol. The highest BCUT2D eigenvalue weighted by molar-refractivity contribution is 7.94. The summed E-state index contributed by atoms with van der Waals surface area (Å²) in [5, 5.41) is 12.8. The highest BCUT2D eigenvalue weighted by Gasteiger charge is 2.37. The van der Waals surface area contributed by atoms with Crippen LogP contribution in [-0.4, -0.2) is 16.3 Å². The van der Waals surface area contributed by atoms with Crippen LogP contribution in [0.4, 0.5) is 0 Å². The average Bonchev–Trinajstić information content (AvgIpc) is 2.89. The van der Waals surface area contributed by atoms with Crippen molar-refractivity contribution in [3.63, 3.8) is 0 Å². The molecule has 0 saturated carbocycles. The van der Waals surface area contributed by atoms with Gasteiger partial charge >= 0.3 is 0 Å². The van der Waals surface area contributed by atoms with Gasteiger partial charge < -0.3 is 9.29 Å². The van der Waals surface area contributed by atoms with Crippen LogP contribution in [0.5, 0.6) is 0 Å². The molecular formula is C22H22O2S. The first-order valence-electron chi connectivity index (χ1n) is 8.52. The lowest BCUT2D eigenvalue weighted by Gasteiger charge is -2.35. The molecule has 3 heteroatoms. The van der Waals surface area contributed by atoms with Crippen molar-refractivity contribution < 1.29 is 9.29 Å². The molecule has 0 aromatic heterocycles. The fourth-order valence-electron chi connectivity index (χ4n) is 3.09. The lowest BCUT2D eigenvalue weighted by molar-refractivity contribution is -0.0813. The molecule has 0 heterocycles. The summed E-state index contributed by atoms with van der Waals surface area (Å²) in [5.41, 5.74) is 3.55. The van der Waals surface area contributed by atoms with Crippen LogP contribution in [0, 0.1) is 0 Å². The Kier molecular flexibility index (Phi) is 3.73. The number of aliphatic hydroxyl groups is 1. The van der Waals surface area contributed by atoms with E-state index < -0.39 is 11.2 Å². The van der Waals surface area contributed by atoms with E-state index in [1.165, 1.54) is 45.1 Å². The molecular weight excluding hydrogens is 328 g/mol. The molecule has 0 radical (unpaired) electrons. The minimum atomic E-state index is -0.923. The van der Waals surface area contributed by atoms with Crippen molar-refractivity contribution >= 4 is 22.8 Å². The van der Waals surface area contributed by atoms with Gasteiger partial charge in [0.2, 0.25) is 0 Å². The fraction of sp³-hybridized carbons (Fsp3) is 0.273. The zero-order valence-corrected chi connectivity index (χ0v) is 15.8. The van der Waals surface area contributed by atoms with E-state index in [1.807, 2.05) is 13.8 Å². The molecule has 0 fully saturated rings.